The Balaban J connectivity index is 1.58. The van der Waals surface area contributed by atoms with Gasteiger partial charge in [-0.15, -0.1) is 0 Å². The number of nitrogens with zero attached hydrogens (tertiary/aromatic N) is 3. The van der Waals surface area contributed by atoms with Crippen LogP contribution in [0.15, 0.2) is 66.7 Å². The van der Waals surface area contributed by atoms with Gasteiger partial charge in [-0.1, -0.05) is 57.2 Å². The second kappa shape index (κ2) is 8.94. The summed E-state index contributed by atoms with van der Waals surface area (Å²) in [6.07, 6.45) is 0. The Hall–Kier alpha value is -3.93. The molecule has 1 aliphatic heterocycles. The van der Waals surface area contributed by atoms with Gasteiger partial charge in [0.15, 0.2) is 12.4 Å². The molecule has 3 aromatic carbocycles. The SMILES string of the molecule is CCN1C(=O)COc2ccc(C(=O)C(C)n3c(-c4ccc(C(C)(C)C)cc4)nc4ccccc43)cc21. The van der Waals surface area contributed by atoms with Crippen LogP contribution in [-0.4, -0.2) is 34.4 Å². The van der Waals surface area contributed by atoms with Crippen LogP contribution in [0.5, 0.6) is 5.75 Å². The average Bonchev–Trinajstić information content (AvgIpc) is 3.26. The summed E-state index contributed by atoms with van der Waals surface area (Å²) in [6, 6.07) is 21.1. The van der Waals surface area contributed by atoms with Gasteiger partial charge in [0.25, 0.3) is 5.91 Å². The van der Waals surface area contributed by atoms with E-state index >= 15 is 0 Å². The fraction of sp³-hybridized carbons (Fsp3) is 0.300. The summed E-state index contributed by atoms with van der Waals surface area (Å²) < 4.78 is 7.60. The summed E-state index contributed by atoms with van der Waals surface area (Å²) in [5.41, 5.74) is 5.16. The minimum Gasteiger partial charge on any atom is -0.482 e. The number of rotatable bonds is 5. The first-order valence-corrected chi connectivity index (χ1v) is 12.4. The average molecular weight is 482 g/mol. The minimum absolute atomic E-state index is 0.0168. The number of ether oxygens (including phenoxy) is 1. The van der Waals surface area contributed by atoms with Crippen LogP contribution in [0, 0.1) is 0 Å². The Morgan fingerprint density at radius 3 is 2.47 bits per heavy atom. The van der Waals surface area contributed by atoms with E-state index < -0.39 is 6.04 Å². The molecule has 1 amide bonds. The zero-order valence-corrected chi connectivity index (χ0v) is 21.4. The number of likely N-dealkylation sites (N-methyl/N-ethyl adjacent to an activating group) is 1. The van der Waals surface area contributed by atoms with E-state index in [-0.39, 0.29) is 23.7 Å². The number of imidazole rings is 1. The molecule has 2 heterocycles. The van der Waals surface area contributed by atoms with Crippen LogP contribution in [-0.2, 0) is 10.2 Å². The van der Waals surface area contributed by atoms with Gasteiger partial charge in [0.2, 0.25) is 0 Å². The smallest absolute Gasteiger partial charge is 0.265 e. The molecule has 1 unspecified atom stereocenters. The number of Topliss-reactive ketones (excluding diaryl/α,β-unsaturated/α-hetero) is 1. The van der Waals surface area contributed by atoms with Gasteiger partial charge >= 0.3 is 0 Å². The van der Waals surface area contributed by atoms with Gasteiger partial charge in [0.1, 0.15) is 11.6 Å². The molecule has 0 fully saturated rings. The molecule has 0 radical (unpaired) electrons. The lowest BCUT2D eigenvalue weighted by molar-refractivity contribution is -0.121. The predicted molar refractivity (Wildman–Crippen MR) is 143 cm³/mol. The molecular formula is C30H31N3O3. The van der Waals surface area contributed by atoms with Crippen LogP contribution < -0.4 is 9.64 Å². The molecule has 0 bridgehead atoms. The molecule has 4 aromatic rings. The lowest BCUT2D eigenvalue weighted by Crippen LogP contribution is -2.38. The summed E-state index contributed by atoms with van der Waals surface area (Å²) in [4.78, 5) is 32.7. The fourth-order valence-electron chi connectivity index (χ4n) is 4.82. The van der Waals surface area contributed by atoms with Crippen molar-refractivity contribution in [2.24, 2.45) is 0 Å². The third-order valence-electron chi connectivity index (χ3n) is 6.87. The van der Waals surface area contributed by atoms with Gasteiger partial charge in [-0.05, 0) is 55.2 Å². The van der Waals surface area contributed by atoms with Crippen molar-refractivity contribution >= 4 is 28.4 Å². The van der Waals surface area contributed by atoms with Gasteiger partial charge in [0, 0.05) is 17.7 Å². The highest BCUT2D eigenvalue weighted by molar-refractivity contribution is 6.04. The fourth-order valence-corrected chi connectivity index (χ4v) is 4.82. The zero-order chi connectivity index (χ0) is 25.6. The van der Waals surface area contributed by atoms with E-state index in [1.807, 2.05) is 42.7 Å². The lowest BCUT2D eigenvalue weighted by atomic mass is 9.86. The van der Waals surface area contributed by atoms with E-state index in [4.69, 9.17) is 9.72 Å². The van der Waals surface area contributed by atoms with Crippen LogP contribution in [0.1, 0.15) is 56.6 Å². The summed E-state index contributed by atoms with van der Waals surface area (Å²) in [5, 5.41) is 0. The number of hydrogen-bond donors (Lipinski definition) is 0. The molecule has 184 valence electrons. The molecule has 0 saturated carbocycles. The van der Waals surface area contributed by atoms with Crippen molar-refractivity contribution in [1.82, 2.24) is 9.55 Å². The number of fused-ring (bicyclic) bond motifs is 2. The van der Waals surface area contributed by atoms with E-state index in [9.17, 15) is 9.59 Å². The van der Waals surface area contributed by atoms with Crippen molar-refractivity contribution in [3.8, 4) is 17.1 Å². The number of benzene rings is 3. The van der Waals surface area contributed by atoms with Crippen molar-refractivity contribution in [3.63, 3.8) is 0 Å². The number of ketones is 1. The van der Waals surface area contributed by atoms with Crippen LogP contribution in [0.4, 0.5) is 5.69 Å². The molecule has 5 rings (SSSR count). The second-order valence-corrected chi connectivity index (χ2v) is 10.3. The van der Waals surface area contributed by atoms with Crippen LogP contribution >= 0.6 is 0 Å². The standard InChI is InChI=1S/C30H31N3O3/c1-6-32-25-17-21(13-16-26(25)36-18-27(32)34)28(35)19(2)33-24-10-8-7-9-23(24)31-29(33)20-11-14-22(15-12-20)30(3,4)5/h7-17,19H,6,18H2,1-5H3. The topological polar surface area (TPSA) is 64.4 Å². The van der Waals surface area contributed by atoms with Gasteiger partial charge in [-0.3, -0.25) is 9.59 Å². The van der Waals surface area contributed by atoms with Gasteiger partial charge < -0.3 is 14.2 Å². The molecule has 6 heteroatoms. The van der Waals surface area contributed by atoms with Gasteiger partial charge in [-0.2, -0.15) is 0 Å². The molecule has 0 spiro atoms. The molecule has 36 heavy (non-hydrogen) atoms. The highest BCUT2D eigenvalue weighted by atomic mass is 16.5. The number of para-hydroxylation sites is 2. The molecular weight excluding hydrogens is 450 g/mol. The van der Waals surface area contributed by atoms with Crippen LogP contribution in [0.3, 0.4) is 0 Å². The van der Waals surface area contributed by atoms with Crippen LogP contribution in [0.25, 0.3) is 22.4 Å². The van der Waals surface area contributed by atoms with Gasteiger partial charge in [-0.25, -0.2) is 4.98 Å². The molecule has 0 aliphatic carbocycles. The number of carbonyl (C=O) groups excluding carboxylic acids is 2. The monoisotopic (exact) mass is 481 g/mol. The molecule has 0 saturated heterocycles. The Bertz CT molecular complexity index is 1460. The second-order valence-electron chi connectivity index (χ2n) is 10.3. The predicted octanol–water partition coefficient (Wildman–Crippen LogP) is 6.19. The highest BCUT2D eigenvalue weighted by Crippen LogP contribution is 2.35. The first kappa shape index (κ1) is 23.8. The van der Waals surface area contributed by atoms with Crippen LogP contribution in [0.2, 0.25) is 0 Å². The number of amides is 1. The highest BCUT2D eigenvalue weighted by Gasteiger charge is 2.28. The van der Waals surface area contributed by atoms with E-state index in [2.05, 4.69) is 45.0 Å². The third-order valence-corrected chi connectivity index (χ3v) is 6.87. The first-order valence-electron chi connectivity index (χ1n) is 12.4. The summed E-state index contributed by atoms with van der Waals surface area (Å²) >= 11 is 0. The van der Waals surface area contributed by atoms with Gasteiger partial charge in [0.05, 0.1) is 22.8 Å². The Morgan fingerprint density at radius 1 is 1.06 bits per heavy atom. The third kappa shape index (κ3) is 4.06. The molecule has 0 N–H and O–H groups in total. The summed E-state index contributed by atoms with van der Waals surface area (Å²) in [7, 11) is 0. The number of carbonyl (C=O) groups is 2. The Morgan fingerprint density at radius 2 is 1.78 bits per heavy atom. The van der Waals surface area contributed by atoms with E-state index in [1.165, 1.54) is 5.56 Å². The molecule has 1 aliphatic rings. The summed E-state index contributed by atoms with van der Waals surface area (Å²) in [6.45, 7) is 10.9. The maximum absolute atomic E-state index is 13.8. The Labute approximate surface area is 211 Å². The zero-order valence-electron chi connectivity index (χ0n) is 21.4. The molecule has 1 atom stereocenters. The maximum atomic E-state index is 13.8. The lowest BCUT2D eigenvalue weighted by Gasteiger charge is -2.29. The largest absolute Gasteiger partial charge is 0.482 e. The Kier molecular flexibility index (Phi) is 5.91. The summed E-state index contributed by atoms with van der Waals surface area (Å²) in [5.74, 6) is 1.21. The van der Waals surface area contributed by atoms with Crippen molar-refractivity contribution in [2.75, 3.05) is 18.1 Å². The quantitative estimate of drug-likeness (QED) is 0.319. The van der Waals surface area contributed by atoms with E-state index in [0.717, 1.165) is 22.4 Å². The van der Waals surface area contributed by atoms with Crippen molar-refractivity contribution in [3.05, 3.63) is 77.9 Å². The van der Waals surface area contributed by atoms with E-state index in [1.54, 1.807) is 23.1 Å². The molecule has 6 nitrogen and oxygen atoms in total. The minimum atomic E-state index is -0.511. The maximum Gasteiger partial charge on any atom is 0.265 e. The number of aromatic nitrogens is 2. The number of hydrogen-bond acceptors (Lipinski definition) is 4. The normalized spacial score (nSPS) is 14.5. The molecule has 1 aromatic heterocycles. The van der Waals surface area contributed by atoms with Crippen molar-refractivity contribution in [1.29, 1.82) is 0 Å². The van der Waals surface area contributed by atoms with Crippen molar-refractivity contribution in [2.45, 2.75) is 46.1 Å². The first-order chi connectivity index (χ1) is 17.2. The number of anilines is 1. The van der Waals surface area contributed by atoms with Crippen molar-refractivity contribution < 1.29 is 14.3 Å². The van der Waals surface area contributed by atoms with E-state index in [0.29, 0.717) is 23.5 Å².